The summed E-state index contributed by atoms with van der Waals surface area (Å²) in [4.78, 5) is 13.5. The van der Waals surface area contributed by atoms with Crippen LogP contribution in [0.4, 0.5) is 0 Å². The van der Waals surface area contributed by atoms with Crippen molar-refractivity contribution in [3.8, 4) is 17.2 Å². The quantitative estimate of drug-likeness (QED) is 0.718. The lowest BCUT2D eigenvalue weighted by molar-refractivity contribution is 0.0334. The maximum Gasteiger partial charge on any atom is 0.338 e. The van der Waals surface area contributed by atoms with E-state index in [4.69, 9.17) is 9.47 Å². The van der Waals surface area contributed by atoms with Crippen LogP contribution in [0.1, 0.15) is 30.6 Å². The van der Waals surface area contributed by atoms with Crippen LogP contribution < -0.4 is 4.74 Å². The first kappa shape index (κ1) is 16.8. The first-order chi connectivity index (χ1) is 12.0. The second-order valence-corrected chi connectivity index (χ2v) is 5.67. The summed E-state index contributed by atoms with van der Waals surface area (Å²) >= 11 is 0. The molecule has 1 heterocycles. The number of fused-ring (bicyclic) bond motifs is 1. The van der Waals surface area contributed by atoms with Crippen molar-refractivity contribution >= 4 is 17.0 Å². The summed E-state index contributed by atoms with van der Waals surface area (Å²) in [6.07, 6.45) is 0.549. The number of hydrogen-bond donors (Lipinski definition) is 1. The van der Waals surface area contributed by atoms with Crippen LogP contribution in [0.15, 0.2) is 36.4 Å². The molecule has 7 nitrogen and oxygen atoms in total. The number of aromatic nitrogens is 3. The molecule has 0 aliphatic carbocycles. The summed E-state index contributed by atoms with van der Waals surface area (Å²) in [7, 11) is 1.57. The number of methoxy groups -OCH3 is 1. The van der Waals surface area contributed by atoms with E-state index in [2.05, 4.69) is 10.2 Å². The first-order valence-corrected chi connectivity index (χ1v) is 7.97. The number of aromatic hydroxyl groups is 1. The van der Waals surface area contributed by atoms with Crippen molar-refractivity contribution in [1.29, 1.82) is 0 Å². The molecule has 1 aromatic heterocycles. The van der Waals surface area contributed by atoms with Gasteiger partial charge < -0.3 is 14.6 Å². The SMILES string of the molecule is CCC(C)OC(=O)c1ccc(O)c(-n2nc3ccc(OC)cc3n2)c1. The Morgan fingerprint density at radius 2 is 1.96 bits per heavy atom. The van der Waals surface area contributed by atoms with Crippen molar-refractivity contribution in [2.45, 2.75) is 26.4 Å². The van der Waals surface area contributed by atoms with E-state index in [1.54, 1.807) is 25.3 Å². The summed E-state index contributed by atoms with van der Waals surface area (Å²) in [5, 5.41) is 18.8. The first-order valence-electron chi connectivity index (χ1n) is 7.97. The molecule has 25 heavy (non-hydrogen) atoms. The molecule has 0 aliphatic rings. The highest BCUT2D eigenvalue weighted by Crippen LogP contribution is 2.25. The maximum absolute atomic E-state index is 12.2. The Bertz CT molecular complexity index is 920. The van der Waals surface area contributed by atoms with Crippen LogP contribution in [0, 0.1) is 0 Å². The molecule has 1 atom stereocenters. The van der Waals surface area contributed by atoms with E-state index in [0.29, 0.717) is 28.0 Å². The van der Waals surface area contributed by atoms with Gasteiger partial charge in [-0.05, 0) is 43.7 Å². The number of carbonyl (C=O) groups excluding carboxylic acids is 1. The highest BCUT2D eigenvalue weighted by molar-refractivity contribution is 5.90. The Morgan fingerprint density at radius 1 is 1.20 bits per heavy atom. The van der Waals surface area contributed by atoms with E-state index in [1.165, 1.54) is 23.0 Å². The van der Waals surface area contributed by atoms with E-state index in [9.17, 15) is 9.90 Å². The van der Waals surface area contributed by atoms with E-state index < -0.39 is 5.97 Å². The standard InChI is InChI=1S/C18H19N3O4/c1-4-11(2)25-18(23)12-5-8-17(22)16(9-12)21-19-14-7-6-13(24-3)10-15(14)20-21/h5-11,22H,4H2,1-3H3. The summed E-state index contributed by atoms with van der Waals surface area (Å²) in [6.45, 7) is 3.77. The Labute approximate surface area is 144 Å². The van der Waals surface area contributed by atoms with E-state index in [0.717, 1.165) is 6.42 Å². The Kier molecular flexibility index (Phi) is 4.56. The number of benzene rings is 2. The number of phenolic OH excluding ortho intramolecular Hbond substituents is 1. The van der Waals surface area contributed by atoms with Gasteiger partial charge in [0, 0.05) is 6.07 Å². The van der Waals surface area contributed by atoms with Gasteiger partial charge in [0.15, 0.2) is 0 Å². The number of esters is 1. The fourth-order valence-corrected chi connectivity index (χ4v) is 2.27. The molecule has 0 bridgehead atoms. The largest absolute Gasteiger partial charge is 0.506 e. The van der Waals surface area contributed by atoms with Crippen LogP contribution in [-0.4, -0.2) is 39.3 Å². The van der Waals surface area contributed by atoms with Gasteiger partial charge >= 0.3 is 5.97 Å². The smallest absolute Gasteiger partial charge is 0.338 e. The van der Waals surface area contributed by atoms with Gasteiger partial charge in [0.25, 0.3) is 0 Å². The molecule has 130 valence electrons. The second-order valence-electron chi connectivity index (χ2n) is 5.67. The zero-order valence-electron chi connectivity index (χ0n) is 14.3. The fourth-order valence-electron chi connectivity index (χ4n) is 2.27. The normalized spacial score (nSPS) is 12.1. The molecule has 0 radical (unpaired) electrons. The van der Waals surface area contributed by atoms with Gasteiger partial charge in [0.2, 0.25) is 0 Å². The Balaban J connectivity index is 1.99. The van der Waals surface area contributed by atoms with Crippen LogP contribution in [0.25, 0.3) is 16.7 Å². The van der Waals surface area contributed by atoms with Crippen LogP contribution in [0.5, 0.6) is 11.5 Å². The maximum atomic E-state index is 12.2. The summed E-state index contributed by atoms with van der Waals surface area (Å²) in [6, 6.07) is 9.75. The number of hydrogen-bond acceptors (Lipinski definition) is 6. The minimum absolute atomic E-state index is 0.0349. The predicted octanol–water partition coefficient (Wildman–Crippen LogP) is 3.09. The molecular formula is C18H19N3O4. The molecule has 0 amide bonds. The zero-order chi connectivity index (χ0) is 18.0. The van der Waals surface area contributed by atoms with Gasteiger partial charge in [-0.25, -0.2) is 4.79 Å². The Morgan fingerprint density at radius 3 is 2.68 bits per heavy atom. The molecule has 0 saturated carbocycles. The molecule has 2 aromatic carbocycles. The van der Waals surface area contributed by atoms with Gasteiger partial charge in [-0.15, -0.1) is 15.0 Å². The lowest BCUT2D eigenvalue weighted by atomic mass is 10.2. The average Bonchev–Trinajstić information content (AvgIpc) is 3.04. The molecule has 0 saturated heterocycles. The lowest BCUT2D eigenvalue weighted by Gasteiger charge is -2.11. The summed E-state index contributed by atoms with van der Waals surface area (Å²) in [5.74, 6) is 0.177. The molecule has 3 rings (SSSR count). The fraction of sp³-hybridized carbons (Fsp3) is 0.278. The third kappa shape index (κ3) is 3.40. The predicted molar refractivity (Wildman–Crippen MR) is 92.3 cm³/mol. The molecule has 1 N–H and O–H groups in total. The van der Waals surface area contributed by atoms with Crippen molar-refractivity contribution in [3.63, 3.8) is 0 Å². The molecule has 0 aliphatic heterocycles. The van der Waals surface area contributed by atoms with Gasteiger partial charge in [-0.1, -0.05) is 6.92 Å². The molecule has 3 aromatic rings. The van der Waals surface area contributed by atoms with Crippen LogP contribution in [-0.2, 0) is 4.74 Å². The highest BCUT2D eigenvalue weighted by atomic mass is 16.5. The van der Waals surface area contributed by atoms with Crippen molar-refractivity contribution in [2.75, 3.05) is 7.11 Å². The van der Waals surface area contributed by atoms with Gasteiger partial charge in [-0.2, -0.15) is 0 Å². The monoisotopic (exact) mass is 341 g/mol. The summed E-state index contributed by atoms with van der Waals surface area (Å²) < 4.78 is 10.5. The lowest BCUT2D eigenvalue weighted by Crippen LogP contribution is -2.14. The summed E-state index contributed by atoms with van der Waals surface area (Å²) in [5.41, 5.74) is 1.89. The molecule has 0 fully saturated rings. The molecule has 7 heteroatoms. The van der Waals surface area contributed by atoms with Gasteiger partial charge in [0.1, 0.15) is 28.2 Å². The van der Waals surface area contributed by atoms with Crippen LogP contribution in [0.2, 0.25) is 0 Å². The molecular weight excluding hydrogens is 322 g/mol. The molecule has 1 unspecified atom stereocenters. The van der Waals surface area contributed by atoms with Crippen LogP contribution in [0.3, 0.4) is 0 Å². The van der Waals surface area contributed by atoms with Crippen LogP contribution >= 0.6 is 0 Å². The highest BCUT2D eigenvalue weighted by Gasteiger charge is 2.16. The number of phenols is 1. The van der Waals surface area contributed by atoms with Crippen molar-refractivity contribution in [2.24, 2.45) is 0 Å². The number of ether oxygens (including phenoxy) is 2. The topological polar surface area (TPSA) is 86.5 Å². The number of rotatable bonds is 5. The minimum atomic E-state index is -0.450. The molecule has 0 spiro atoms. The third-order valence-electron chi connectivity index (χ3n) is 3.90. The second kappa shape index (κ2) is 6.80. The average molecular weight is 341 g/mol. The van der Waals surface area contributed by atoms with E-state index >= 15 is 0 Å². The van der Waals surface area contributed by atoms with E-state index in [1.807, 2.05) is 13.8 Å². The number of carbonyl (C=O) groups is 1. The van der Waals surface area contributed by atoms with Gasteiger partial charge in [-0.3, -0.25) is 0 Å². The van der Waals surface area contributed by atoms with Crippen molar-refractivity contribution in [3.05, 3.63) is 42.0 Å². The zero-order valence-corrected chi connectivity index (χ0v) is 14.3. The minimum Gasteiger partial charge on any atom is -0.506 e. The third-order valence-corrected chi connectivity index (χ3v) is 3.90. The van der Waals surface area contributed by atoms with Gasteiger partial charge in [0.05, 0.1) is 18.8 Å². The Hall–Kier alpha value is -3.09. The van der Waals surface area contributed by atoms with Crippen molar-refractivity contribution in [1.82, 2.24) is 15.0 Å². The van der Waals surface area contributed by atoms with Crippen molar-refractivity contribution < 1.29 is 19.4 Å². The van der Waals surface area contributed by atoms with E-state index in [-0.39, 0.29) is 11.9 Å². The number of nitrogens with zero attached hydrogens (tertiary/aromatic N) is 3.